The van der Waals surface area contributed by atoms with Crippen LogP contribution >= 0.6 is 11.3 Å². The SMILES string of the molecule is CC(O)C1(c2ccc(C#N)s2)CC1. The number of rotatable bonds is 2. The van der Waals surface area contributed by atoms with Crippen LogP contribution in [0.25, 0.3) is 0 Å². The van der Waals surface area contributed by atoms with Gasteiger partial charge in [0.1, 0.15) is 10.9 Å². The maximum absolute atomic E-state index is 9.60. The molecular formula is C10H11NOS. The summed E-state index contributed by atoms with van der Waals surface area (Å²) in [6.07, 6.45) is 1.81. The molecule has 0 bridgehead atoms. The van der Waals surface area contributed by atoms with Crippen LogP contribution in [0, 0.1) is 11.3 Å². The molecule has 1 aliphatic rings. The lowest BCUT2D eigenvalue weighted by atomic mass is 9.99. The minimum atomic E-state index is -0.294. The van der Waals surface area contributed by atoms with Crippen LogP contribution in [0.5, 0.6) is 0 Å². The standard InChI is InChI=1S/C10H11NOS/c1-7(12)10(4-5-10)9-3-2-8(6-11)13-9/h2-3,7,12H,4-5H2,1H3. The third kappa shape index (κ3) is 1.27. The zero-order valence-electron chi connectivity index (χ0n) is 7.45. The van der Waals surface area contributed by atoms with E-state index in [2.05, 4.69) is 6.07 Å². The minimum Gasteiger partial charge on any atom is -0.392 e. The Balaban J connectivity index is 2.31. The maximum atomic E-state index is 9.60. The number of hydrogen-bond donors (Lipinski definition) is 1. The number of aliphatic hydroxyl groups excluding tert-OH is 1. The van der Waals surface area contributed by atoms with Gasteiger partial charge in [-0.25, -0.2) is 0 Å². The molecule has 0 spiro atoms. The van der Waals surface area contributed by atoms with E-state index < -0.39 is 0 Å². The van der Waals surface area contributed by atoms with Crippen molar-refractivity contribution in [2.45, 2.75) is 31.3 Å². The average molecular weight is 193 g/mol. The van der Waals surface area contributed by atoms with E-state index in [0.717, 1.165) is 17.7 Å². The Kier molecular flexibility index (Phi) is 1.90. The number of thiophene rings is 1. The van der Waals surface area contributed by atoms with Gasteiger partial charge >= 0.3 is 0 Å². The first-order valence-electron chi connectivity index (χ1n) is 4.37. The first-order valence-corrected chi connectivity index (χ1v) is 5.19. The molecule has 0 aliphatic heterocycles. The molecular weight excluding hydrogens is 182 g/mol. The monoisotopic (exact) mass is 193 g/mol. The van der Waals surface area contributed by atoms with Gasteiger partial charge < -0.3 is 5.11 Å². The Morgan fingerprint density at radius 2 is 2.31 bits per heavy atom. The lowest BCUT2D eigenvalue weighted by Gasteiger charge is -2.15. The van der Waals surface area contributed by atoms with Crippen LogP contribution in [0.3, 0.4) is 0 Å². The second kappa shape index (κ2) is 2.83. The molecule has 0 aromatic carbocycles. The summed E-state index contributed by atoms with van der Waals surface area (Å²) in [7, 11) is 0. The Morgan fingerprint density at radius 1 is 1.62 bits per heavy atom. The van der Waals surface area contributed by atoms with Crippen molar-refractivity contribution >= 4 is 11.3 Å². The van der Waals surface area contributed by atoms with Gasteiger partial charge in [-0.1, -0.05) is 0 Å². The Morgan fingerprint density at radius 3 is 2.69 bits per heavy atom. The lowest BCUT2D eigenvalue weighted by Crippen LogP contribution is -2.20. The van der Waals surface area contributed by atoms with Gasteiger partial charge in [0.05, 0.1) is 6.10 Å². The molecule has 2 rings (SSSR count). The average Bonchev–Trinajstić information content (AvgIpc) is 2.79. The summed E-state index contributed by atoms with van der Waals surface area (Å²) in [6.45, 7) is 1.83. The van der Waals surface area contributed by atoms with Gasteiger partial charge in [0.2, 0.25) is 0 Å². The molecule has 1 fully saturated rings. The van der Waals surface area contributed by atoms with Crippen LogP contribution in [0.15, 0.2) is 12.1 Å². The number of hydrogen-bond acceptors (Lipinski definition) is 3. The fraction of sp³-hybridized carbons (Fsp3) is 0.500. The molecule has 1 N–H and O–H groups in total. The highest BCUT2D eigenvalue weighted by molar-refractivity contribution is 7.12. The quantitative estimate of drug-likeness (QED) is 0.781. The zero-order valence-corrected chi connectivity index (χ0v) is 8.27. The number of nitriles is 1. The van der Waals surface area contributed by atoms with Gasteiger partial charge in [-0.15, -0.1) is 11.3 Å². The Hall–Kier alpha value is -0.850. The highest BCUT2D eigenvalue weighted by atomic mass is 32.1. The predicted molar refractivity (Wildman–Crippen MR) is 51.6 cm³/mol. The molecule has 1 unspecified atom stereocenters. The van der Waals surface area contributed by atoms with Gasteiger partial charge in [-0.2, -0.15) is 5.26 Å². The van der Waals surface area contributed by atoms with Crippen molar-refractivity contribution in [3.05, 3.63) is 21.9 Å². The van der Waals surface area contributed by atoms with Crippen molar-refractivity contribution in [2.75, 3.05) is 0 Å². The van der Waals surface area contributed by atoms with Crippen LogP contribution < -0.4 is 0 Å². The summed E-state index contributed by atoms with van der Waals surface area (Å²) in [4.78, 5) is 1.90. The van der Waals surface area contributed by atoms with Gasteiger partial charge in [0, 0.05) is 10.3 Å². The second-order valence-electron chi connectivity index (χ2n) is 3.61. The largest absolute Gasteiger partial charge is 0.392 e. The molecule has 1 aromatic heterocycles. The molecule has 1 atom stereocenters. The molecule has 1 heterocycles. The van der Waals surface area contributed by atoms with Crippen molar-refractivity contribution in [1.82, 2.24) is 0 Å². The van der Waals surface area contributed by atoms with Gasteiger partial charge in [0.15, 0.2) is 0 Å². The van der Waals surface area contributed by atoms with E-state index >= 15 is 0 Å². The smallest absolute Gasteiger partial charge is 0.110 e. The van der Waals surface area contributed by atoms with E-state index in [0.29, 0.717) is 0 Å². The molecule has 1 saturated carbocycles. The van der Waals surface area contributed by atoms with Crippen molar-refractivity contribution in [1.29, 1.82) is 5.26 Å². The summed E-state index contributed by atoms with van der Waals surface area (Å²) in [5.41, 5.74) is -0.0141. The Bertz CT molecular complexity index is 357. The Labute approximate surface area is 81.4 Å². The number of nitrogens with zero attached hydrogens (tertiary/aromatic N) is 1. The highest BCUT2D eigenvalue weighted by Crippen LogP contribution is 2.52. The lowest BCUT2D eigenvalue weighted by molar-refractivity contribution is 0.152. The van der Waals surface area contributed by atoms with Crippen LogP contribution in [-0.2, 0) is 5.41 Å². The minimum absolute atomic E-state index is 0.0141. The first kappa shape index (κ1) is 8.74. The molecule has 1 aromatic rings. The van der Waals surface area contributed by atoms with Crippen molar-refractivity contribution in [3.8, 4) is 6.07 Å². The predicted octanol–water partition coefficient (Wildman–Crippen LogP) is 2.03. The molecule has 1 aliphatic carbocycles. The summed E-state index contributed by atoms with van der Waals surface area (Å²) in [6, 6.07) is 5.93. The third-order valence-electron chi connectivity index (χ3n) is 2.80. The van der Waals surface area contributed by atoms with Crippen LogP contribution in [0.2, 0.25) is 0 Å². The molecule has 2 nitrogen and oxygen atoms in total. The van der Waals surface area contributed by atoms with E-state index in [1.54, 1.807) is 0 Å². The van der Waals surface area contributed by atoms with Crippen LogP contribution in [-0.4, -0.2) is 11.2 Å². The summed E-state index contributed by atoms with van der Waals surface area (Å²) in [5, 5.41) is 18.3. The van der Waals surface area contributed by atoms with E-state index in [9.17, 15) is 5.11 Å². The molecule has 3 heteroatoms. The molecule has 13 heavy (non-hydrogen) atoms. The van der Waals surface area contributed by atoms with Crippen molar-refractivity contribution in [2.24, 2.45) is 0 Å². The van der Waals surface area contributed by atoms with E-state index in [1.807, 2.05) is 19.1 Å². The van der Waals surface area contributed by atoms with E-state index in [1.165, 1.54) is 16.2 Å². The normalized spacial score (nSPS) is 20.7. The zero-order chi connectivity index (χ0) is 9.47. The fourth-order valence-electron chi connectivity index (χ4n) is 1.67. The summed E-state index contributed by atoms with van der Waals surface area (Å²) in [5.74, 6) is 0. The van der Waals surface area contributed by atoms with E-state index in [4.69, 9.17) is 5.26 Å². The van der Waals surface area contributed by atoms with E-state index in [-0.39, 0.29) is 11.5 Å². The topological polar surface area (TPSA) is 44.0 Å². The third-order valence-corrected chi connectivity index (χ3v) is 4.01. The van der Waals surface area contributed by atoms with Gasteiger partial charge in [-0.05, 0) is 31.9 Å². The second-order valence-corrected chi connectivity index (χ2v) is 4.69. The van der Waals surface area contributed by atoms with Crippen LogP contribution in [0.1, 0.15) is 29.5 Å². The fourth-order valence-corrected chi connectivity index (χ4v) is 2.80. The highest BCUT2D eigenvalue weighted by Gasteiger charge is 2.49. The number of aliphatic hydroxyl groups is 1. The molecule has 0 amide bonds. The van der Waals surface area contributed by atoms with Crippen LogP contribution in [0.4, 0.5) is 0 Å². The van der Waals surface area contributed by atoms with Crippen molar-refractivity contribution in [3.63, 3.8) is 0 Å². The maximum Gasteiger partial charge on any atom is 0.110 e. The van der Waals surface area contributed by atoms with Crippen molar-refractivity contribution < 1.29 is 5.11 Å². The van der Waals surface area contributed by atoms with Gasteiger partial charge in [-0.3, -0.25) is 0 Å². The first-order chi connectivity index (χ1) is 6.19. The molecule has 0 saturated heterocycles. The molecule has 68 valence electrons. The summed E-state index contributed by atoms with van der Waals surface area (Å²) < 4.78 is 0. The summed E-state index contributed by atoms with van der Waals surface area (Å²) >= 11 is 1.51. The molecule has 0 radical (unpaired) electrons. The van der Waals surface area contributed by atoms with Gasteiger partial charge in [0.25, 0.3) is 0 Å².